The standard InChI is InChI=1S/C13H17N3O/c1-13(8-14-4-5-15-13)10-2-3-11-9(6-10)7-12(17)16-11/h2-3,6,14-15H,4-5,7-8H2,1H3,(H,16,17). The summed E-state index contributed by atoms with van der Waals surface area (Å²) in [5, 5.41) is 9.82. The van der Waals surface area contributed by atoms with Gasteiger partial charge >= 0.3 is 0 Å². The van der Waals surface area contributed by atoms with Gasteiger partial charge in [-0.2, -0.15) is 0 Å². The van der Waals surface area contributed by atoms with Gasteiger partial charge in [-0.1, -0.05) is 12.1 Å². The van der Waals surface area contributed by atoms with Crippen LogP contribution >= 0.6 is 0 Å². The third-order valence-corrected chi connectivity index (χ3v) is 3.66. The molecule has 4 nitrogen and oxygen atoms in total. The fraction of sp³-hybridized carbons (Fsp3) is 0.462. The predicted octanol–water partition coefficient (Wildman–Crippen LogP) is 0.589. The third kappa shape index (κ3) is 1.83. The van der Waals surface area contributed by atoms with Crippen LogP contribution in [0.3, 0.4) is 0 Å². The summed E-state index contributed by atoms with van der Waals surface area (Å²) in [5.41, 5.74) is 3.30. The van der Waals surface area contributed by atoms with Gasteiger partial charge in [-0.3, -0.25) is 4.79 Å². The molecular formula is C13H17N3O. The number of fused-ring (bicyclic) bond motifs is 1. The molecule has 2 aliphatic heterocycles. The molecule has 0 spiro atoms. The van der Waals surface area contributed by atoms with E-state index >= 15 is 0 Å². The van der Waals surface area contributed by atoms with Crippen molar-refractivity contribution in [3.05, 3.63) is 29.3 Å². The number of anilines is 1. The highest BCUT2D eigenvalue weighted by molar-refractivity contribution is 5.99. The quantitative estimate of drug-likeness (QED) is 0.663. The molecule has 3 rings (SSSR count). The van der Waals surface area contributed by atoms with Crippen LogP contribution in [0.25, 0.3) is 0 Å². The average Bonchev–Trinajstić information content (AvgIpc) is 2.69. The minimum absolute atomic E-state index is 0.0289. The van der Waals surface area contributed by atoms with Crippen LogP contribution in [0.15, 0.2) is 18.2 Å². The molecule has 0 bridgehead atoms. The topological polar surface area (TPSA) is 53.2 Å². The number of piperazine rings is 1. The Bertz CT molecular complexity index is 464. The van der Waals surface area contributed by atoms with Crippen LogP contribution in [0.5, 0.6) is 0 Å². The fourth-order valence-electron chi connectivity index (χ4n) is 2.60. The smallest absolute Gasteiger partial charge is 0.228 e. The summed E-state index contributed by atoms with van der Waals surface area (Å²) in [7, 11) is 0. The highest BCUT2D eigenvalue weighted by atomic mass is 16.1. The molecule has 1 unspecified atom stereocenters. The van der Waals surface area contributed by atoms with E-state index in [1.54, 1.807) is 0 Å². The van der Waals surface area contributed by atoms with Crippen molar-refractivity contribution in [2.45, 2.75) is 18.9 Å². The van der Waals surface area contributed by atoms with E-state index in [1.807, 2.05) is 6.07 Å². The van der Waals surface area contributed by atoms with Crippen molar-refractivity contribution in [3.63, 3.8) is 0 Å². The molecule has 1 saturated heterocycles. The van der Waals surface area contributed by atoms with Gasteiger partial charge in [-0.05, 0) is 24.1 Å². The van der Waals surface area contributed by atoms with Gasteiger partial charge in [0.15, 0.2) is 0 Å². The van der Waals surface area contributed by atoms with Crippen LogP contribution < -0.4 is 16.0 Å². The van der Waals surface area contributed by atoms with Crippen LogP contribution in [0.1, 0.15) is 18.1 Å². The molecule has 90 valence electrons. The lowest BCUT2D eigenvalue weighted by Crippen LogP contribution is -2.54. The van der Waals surface area contributed by atoms with Crippen molar-refractivity contribution >= 4 is 11.6 Å². The highest BCUT2D eigenvalue weighted by Gasteiger charge is 2.29. The molecule has 1 fully saturated rings. The van der Waals surface area contributed by atoms with Crippen molar-refractivity contribution in [1.82, 2.24) is 10.6 Å². The van der Waals surface area contributed by atoms with Crippen LogP contribution in [0.4, 0.5) is 5.69 Å². The molecule has 2 heterocycles. The molecule has 3 N–H and O–H groups in total. The van der Waals surface area contributed by atoms with E-state index in [0.717, 1.165) is 30.9 Å². The first-order valence-electron chi connectivity index (χ1n) is 6.06. The largest absolute Gasteiger partial charge is 0.326 e. The normalized spacial score (nSPS) is 27.7. The Labute approximate surface area is 101 Å². The zero-order valence-corrected chi connectivity index (χ0v) is 9.97. The first-order chi connectivity index (χ1) is 8.17. The molecule has 1 aromatic rings. The first-order valence-corrected chi connectivity index (χ1v) is 6.06. The number of rotatable bonds is 1. The molecule has 1 aromatic carbocycles. The Kier molecular flexibility index (Phi) is 2.42. The lowest BCUT2D eigenvalue weighted by atomic mass is 9.89. The van der Waals surface area contributed by atoms with E-state index in [0.29, 0.717) is 6.42 Å². The average molecular weight is 231 g/mol. The number of carbonyl (C=O) groups excluding carboxylic acids is 1. The monoisotopic (exact) mass is 231 g/mol. The van der Waals surface area contributed by atoms with E-state index in [2.05, 4.69) is 35.0 Å². The number of hydrogen-bond acceptors (Lipinski definition) is 3. The molecule has 0 radical (unpaired) electrons. The summed E-state index contributed by atoms with van der Waals surface area (Å²) in [5.74, 6) is 0.0945. The minimum atomic E-state index is -0.0289. The number of hydrogen-bond donors (Lipinski definition) is 3. The van der Waals surface area contributed by atoms with E-state index in [4.69, 9.17) is 0 Å². The van der Waals surface area contributed by atoms with Crippen molar-refractivity contribution in [3.8, 4) is 0 Å². The summed E-state index contributed by atoms with van der Waals surface area (Å²) >= 11 is 0. The van der Waals surface area contributed by atoms with Crippen LogP contribution in [-0.2, 0) is 16.8 Å². The zero-order chi connectivity index (χ0) is 11.9. The van der Waals surface area contributed by atoms with Gasteiger partial charge in [0.2, 0.25) is 5.91 Å². The van der Waals surface area contributed by atoms with Gasteiger partial charge in [0.1, 0.15) is 0 Å². The maximum absolute atomic E-state index is 11.3. The van der Waals surface area contributed by atoms with Gasteiger partial charge in [0, 0.05) is 25.3 Å². The van der Waals surface area contributed by atoms with Crippen LogP contribution in [0, 0.1) is 0 Å². The maximum atomic E-state index is 11.3. The summed E-state index contributed by atoms with van der Waals surface area (Å²) in [4.78, 5) is 11.3. The minimum Gasteiger partial charge on any atom is -0.326 e. The van der Waals surface area contributed by atoms with Gasteiger partial charge in [-0.15, -0.1) is 0 Å². The molecule has 17 heavy (non-hydrogen) atoms. The Morgan fingerprint density at radius 2 is 2.18 bits per heavy atom. The van der Waals surface area contributed by atoms with Crippen LogP contribution in [-0.4, -0.2) is 25.5 Å². The fourth-order valence-corrected chi connectivity index (χ4v) is 2.60. The molecule has 2 aliphatic rings. The molecule has 0 saturated carbocycles. The van der Waals surface area contributed by atoms with Gasteiger partial charge < -0.3 is 16.0 Å². The van der Waals surface area contributed by atoms with Crippen LogP contribution in [0.2, 0.25) is 0 Å². The summed E-state index contributed by atoms with van der Waals surface area (Å²) in [6.45, 7) is 5.11. The van der Waals surface area contributed by atoms with E-state index in [9.17, 15) is 4.79 Å². The van der Waals surface area contributed by atoms with Gasteiger partial charge in [-0.25, -0.2) is 0 Å². The predicted molar refractivity (Wildman–Crippen MR) is 67.0 cm³/mol. The Balaban J connectivity index is 1.94. The lowest BCUT2D eigenvalue weighted by molar-refractivity contribution is -0.115. The molecule has 0 aromatic heterocycles. The van der Waals surface area contributed by atoms with Gasteiger partial charge in [0.25, 0.3) is 0 Å². The summed E-state index contributed by atoms with van der Waals surface area (Å²) < 4.78 is 0. The van der Waals surface area contributed by atoms with Crippen molar-refractivity contribution in [2.24, 2.45) is 0 Å². The second kappa shape index (κ2) is 3.82. The van der Waals surface area contributed by atoms with Gasteiger partial charge in [0.05, 0.1) is 12.0 Å². The third-order valence-electron chi connectivity index (χ3n) is 3.66. The highest BCUT2D eigenvalue weighted by Crippen LogP contribution is 2.29. The molecule has 4 heteroatoms. The zero-order valence-electron chi connectivity index (χ0n) is 9.97. The Morgan fingerprint density at radius 1 is 1.29 bits per heavy atom. The molecule has 1 amide bonds. The number of carbonyl (C=O) groups is 1. The second-order valence-electron chi connectivity index (χ2n) is 5.03. The van der Waals surface area contributed by atoms with E-state index in [1.165, 1.54) is 5.56 Å². The maximum Gasteiger partial charge on any atom is 0.228 e. The number of amides is 1. The van der Waals surface area contributed by atoms with Crippen molar-refractivity contribution in [2.75, 3.05) is 25.0 Å². The second-order valence-corrected chi connectivity index (χ2v) is 5.03. The van der Waals surface area contributed by atoms with E-state index in [-0.39, 0.29) is 11.4 Å². The summed E-state index contributed by atoms with van der Waals surface area (Å²) in [6.07, 6.45) is 0.507. The molecule has 0 aliphatic carbocycles. The van der Waals surface area contributed by atoms with Crippen molar-refractivity contribution < 1.29 is 4.79 Å². The SMILES string of the molecule is CC1(c2ccc3c(c2)CC(=O)N3)CNCCN1. The lowest BCUT2D eigenvalue weighted by Gasteiger charge is -2.36. The number of benzene rings is 1. The number of nitrogens with one attached hydrogen (secondary N) is 3. The van der Waals surface area contributed by atoms with Crippen molar-refractivity contribution in [1.29, 1.82) is 0 Å². The van der Waals surface area contributed by atoms with E-state index < -0.39 is 0 Å². The molecule has 1 atom stereocenters. The Hall–Kier alpha value is -1.39. The summed E-state index contributed by atoms with van der Waals surface area (Å²) in [6, 6.07) is 6.26. The Morgan fingerprint density at radius 3 is 2.94 bits per heavy atom. The first kappa shape index (κ1) is 10.7. The molecular weight excluding hydrogens is 214 g/mol.